The summed E-state index contributed by atoms with van der Waals surface area (Å²) in [6.07, 6.45) is 10.5. The van der Waals surface area contributed by atoms with Crippen molar-refractivity contribution in [3.63, 3.8) is 0 Å². The van der Waals surface area contributed by atoms with Crippen molar-refractivity contribution >= 4 is 11.2 Å². The summed E-state index contributed by atoms with van der Waals surface area (Å²) >= 11 is 0. The van der Waals surface area contributed by atoms with Crippen LogP contribution in [-0.4, -0.2) is 56.2 Å². The molecule has 3 aliphatic rings. The molecular formula is C26H42N6O2. The first-order valence-corrected chi connectivity index (χ1v) is 13.8. The molecule has 0 radical (unpaired) electrons. The maximum absolute atomic E-state index is 13.1. The summed E-state index contributed by atoms with van der Waals surface area (Å²) in [5.74, 6) is 2.60. The molecule has 2 bridgehead atoms. The van der Waals surface area contributed by atoms with Gasteiger partial charge in [-0.25, -0.2) is 9.78 Å². The molecule has 2 saturated carbocycles. The average molecular weight is 471 g/mol. The van der Waals surface area contributed by atoms with Crippen LogP contribution in [-0.2, 0) is 13.1 Å². The number of hydrogen-bond donors (Lipinski definition) is 2. The SMILES string of the molecule is CCCn1c(=O)c2[nH]c(C3CC4CCC(C3)C4NCCN3CCCCC3)nc2n(CCC)c1=O. The van der Waals surface area contributed by atoms with Crippen molar-refractivity contribution in [2.75, 3.05) is 26.2 Å². The first-order valence-electron chi connectivity index (χ1n) is 13.8. The van der Waals surface area contributed by atoms with E-state index in [9.17, 15) is 9.59 Å². The average Bonchev–Trinajstić information content (AvgIpc) is 3.38. The van der Waals surface area contributed by atoms with E-state index in [0.717, 1.165) is 38.1 Å². The molecule has 2 aromatic heterocycles. The molecule has 2 atom stereocenters. The summed E-state index contributed by atoms with van der Waals surface area (Å²) in [5, 5.41) is 3.92. The number of aryl methyl sites for hydroxylation is 1. The number of H-pyrrole nitrogens is 1. The number of aromatic nitrogens is 4. The fourth-order valence-corrected chi connectivity index (χ4v) is 6.88. The van der Waals surface area contributed by atoms with Gasteiger partial charge in [0.15, 0.2) is 5.65 Å². The predicted octanol–water partition coefficient (Wildman–Crippen LogP) is 3.05. The Kier molecular flexibility index (Phi) is 7.25. The molecule has 1 saturated heterocycles. The molecule has 2 unspecified atom stereocenters. The lowest BCUT2D eigenvalue weighted by Crippen LogP contribution is -2.45. The molecule has 8 nitrogen and oxygen atoms in total. The lowest BCUT2D eigenvalue weighted by molar-refractivity contribution is 0.197. The van der Waals surface area contributed by atoms with E-state index in [4.69, 9.17) is 4.98 Å². The minimum Gasteiger partial charge on any atom is -0.336 e. The van der Waals surface area contributed by atoms with E-state index in [0.29, 0.717) is 48.0 Å². The second-order valence-electron chi connectivity index (χ2n) is 10.9. The Balaban J connectivity index is 1.32. The Bertz CT molecular complexity index is 1080. The van der Waals surface area contributed by atoms with Crippen LogP contribution < -0.4 is 16.6 Å². The zero-order valence-corrected chi connectivity index (χ0v) is 21.0. The molecule has 188 valence electrons. The first-order chi connectivity index (χ1) is 16.6. The number of fused-ring (bicyclic) bond motifs is 3. The van der Waals surface area contributed by atoms with E-state index in [-0.39, 0.29) is 11.2 Å². The van der Waals surface area contributed by atoms with Crippen LogP contribution in [0.15, 0.2) is 9.59 Å². The summed E-state index contributed by atoms with van der Waals surface area (Å²) in [6.45, 7) is 9.86. The lowest BCUT2D eigenvalue weighted by atomic mass is 9.77. The van der Waals surface area contributed by atoms with Crippen LogP contribution >= 0.6 is 0 Å². The van der Waals surface area contributed by atoms with Crippen LogP contribution in [0.5, 0.6) is 0 Å². The van der Waals surface area contributed by atoms with Crippen molar-refractivity contribution in [2.24, 2.45) is 11.8 Å². The second kappa shape index (κ2) is 10.4. The van der Waals surface area contributed by atoms with Gasteiger partial charge in [0, 0.05) is 38.1 Å². The van der Waals surface area contributed by atoms with Gasteiger partial charge in [0.2, 0.25) is 0 Å². The fourth-order valence-electron chi connectivity index (χ4n) is 6.88. The molecule has 1 aliphatic heterocycles. The molecule has 5 rings (SSSR count). The molecule has 34 heavy (non-hydrogen) atoms. The Morgan fingerprint density at radius 2 is 1.62 bits per heavy atom. The maximum Gasteiger partial charge on any atom is 0.332 e. The van der Waals surface area contributed by atoms with Gasteiger partial charge in [0.05, 0.1) is 0 Å². The van der Waals surface area contributed by atoms with Gasteiger partial charge in [-0.1, -0.05) is 20.3 Å². The van der Waals surface area contributed by atoms with Crippen molar-refractivity contribution in [3.05, 3.63) is 26.7 Å². The highest BCUT2D eigenvalue weighted by Crippen LogP contribution is 2.48. The number of aromatic amines is 1. The monoisotopic (exact) mass is 470 g/mol. The van der Waals surface area contributed by atoms with Crippen LogP contribution in [0.3, 0.4) is 0 Å². The second-order valence-corrected chi connectivity index (χ2v) is 10.9. The highest BCUT2D eigenvalue weighted by molar-refractivity contribution is 5.70. The third-order valence-corrected chi connectivity index (χ3v) is 8.52. The number of hydrogen-bond acceptors (Lipinski definition) is 5. The Morgan fingerprint density at radius 1 is 0.941 bits per heavy atom. The maximum atomic E-state index is 13.1. The predicted molar refractivity (Wildman–Crippen MR) is 135 cm³/mol. The Morgan fingerprint density at radius 3 is 2.29 bits per heavy atom. The molecule has 0 spiro atoms. The molecule has 0 amide bonds. The van der Waals surface area contributed by atoms with Gasteiger partial charge in [-0.2, -0.15) is 0 Å². The number of rotatable bonds is 9. The summed E-state index contributed by atoms with van der Waals surface area (Å²) in [4.78, 5) is 37.0. The van der Waals surface area contributed by atoms with E-state index in [2.05, 4.69) is 22.1 Å². The van der Waals surface area contributed by atoms with E-state index in [1.54, 1.807) is 4.57 Å². The number of nitrogens with one attached hydrogen (secondary N) is 2. The van der Waals surface area contributed by atoms with Crippen LogP contribution in [0.25, 0.3) is 11.2 Å². The Labute approximate surface area is 202 Å². The molecule has 2 aliphatic carbocycles. The van der Waals surface area contributed by atoms with Gasteiger partial charge >= 0.3 is 5.69 Å². The van der Waals surface area contributed by atoms with Gasteiger partial charge in [0.1, 0.15) is 11.3 Å². The molecule has 3 heterocycles. The van der Waals surface area contributed by atoms with Gasteiger partial charge in [-0.05, 0) is 76.3 Å². The normalized spacial score (nSPS) is 27.6. The van der Waals surface area contributed by atoms with Crippen LogP contribution in [0.2, 0.25) is 0 Å². The van der Waals surface area contributed by atoms with E-state index < -0.39 is 0 Å². The lowest BCUT2D eigenvalue weighted by Gasteiger charge is -2.36. The number of piperidine rings is 1. The third-order valence-electron chi connectivity index (χ3n) is 8.52. The van der Waals surface area contributed by atoms with Gasteiger partial charge in [-0.15, -0.1) is 0 Å². The molecule has 2 N–H and O–H groups in total. The van der Waals surface area contributed by atoms with E-state index in [1.165, 1.54) is 56.3 Å². The minimum atomic E-state index is -0.221. The van der Waals surface area contributed by atoms with Crippen molar-refractivity contribution in [3.8, 4) is 0 Å². The standard InChI is InChI=1S/C26H42N6O2/c1-3-11-31-24-22(25(33)32(12-4-2)26(31)34)28-23(29-24)20-16-18-8-9-19(17-20)21(18)27-10-15-30-13-6-5-7-14-30/h18-21,27H,3-17H2,1-2H3,(H,28,29). The summed E-state index contributed by atoms with van der Waals surface area (Å²) in [6, 6.07) is 0.616. The third kappa shape index (κ3) is 4.51. The van der Waals surface area contributed by atoms with Crippen molar-refractivity contribution in [1.29, 1.82) is 0 Å². The molecule has 3 fully saturated rings. The van der Waals surface area contributed by atoms with E-state index >= 15 is 0 Å². The van der Waals surface area contributed by atoms with E-state index in [1.807, 2.05) is 6.92 Å². The fraction of sp³-hybridized carbons (Fsp3) is 0.808. The molecular weight excluding hydrogens is 428 g/mol. The highest BCUT2D eigenvalue weighted by atomic mass is 16.2. The highest BCUT2D eigenvalue weighted by Gasteiger charge is 2.43. The number of imidazole rings is 1. The molecule has 8 heteroatoms. The number of nitrogens with zero attached hydrogens (tertiary/aromatic N) is 4. The largest absolute Gasteiger partial charge is 0.336 e. The topological polar surface area (TPSA) is 87.9 Å². The van der Waals surface area contributed by atoms with Crippen molar-refractivity contribution < 1.29 is 0 Å². The summed E-state index contributed by atoms with van der Waals surface area (Å²) < 4.78 is 3.08. The zero-order valence-electron chi connectivity index (χ0n) is 21.0. The molecule has 2 aromatic rings. The van der Waals surface area contributed by atoms with Crippen LogP contribution in [0.4, 0.5) is 0 Å². The van der Waals surface area contributed by atoms with Gasteiger partial charge in [0.25, 0.3) is 5.56 Å². The van der Waals surface area contributed by atoms with Crippen molar-refractivity contribution in [1.82, 2.24) is 29.3 Å². The van der Waals surface area contributed by atoms with Crippen molar-refractivity contribution in [2.45, 2.75) is 96.7 Å². The van der Waals surface area contributed by atoms with Crippen LogP contribution in [0.1, 0.15) is 83.4 Å². The zero-order chi connectivity index (χ0) is 23.7. The van der Waals surface area contributed by atoms with Gasteiger partial charge in [-0.3, -0.25) is 13.9 Å². The smallest absolute Gasteiger partial charge is 0.332 e. The summed E-state index contributed by atoms with van der Waals surface area (Å²) in [7, 11) is 0. The Hall–Kier alpha value is -1.93. The minimum absolute atomic E-state index is 0.219. The number of likely N-dealkylation sites (tertiary alicyclic amines) is 1. The first kappa shape index (κ1) is 23.8. The van der Waals surface area contributed by atoms with Crippen LogP contribution in [0, 0.1) is 11.8 Å². The van der Waals surface area contributed by atoms with Gasteiger partial charge < -0.3 is 15.2 Å². The molecule has 0 aromatic carbocycles. The summed E-state index contributed by atoms with van der Waals surface area (Å²) in [5.41, 5.74) is 0.615. The quantitative estimate of drug-likeness (QED) is 0.588.